The molecule has 0 spiro atoms. The maximum atomic E-state index is 10.4. The minimum atomic E-state index is -0.774. The third-order valence-electron chi connectivity index (χ3n) is 2.26. The van der Waals surface area contributed by atoms with Crippen molar-refractivity contribution in [2.45, 2.75) is 6.54 Å². The van der Waals surface area contributed by atoms with Gasteiger partial charge in [0.1, 0.15) is 10.3 Å². The van der Waals surface area contributed by atoms with E-state index in [1.807, 2.05) is 0 Å². The van der Waals surface area contributed by atoms with E-state index >= 15 is 0 Å². The molecule has 2 rings (SSSR count). The van der Waals surface area contributed by atoms with Crippen LogP contribution in [0.15, 0.2) is 23.4 Å². The summed E-state index contributed by atoms with van der Waals surface area (Å²) >= 11 is 5.68. The number of nitro groups is 1. The van der Waals surface area contributed by atoms with Gasteiger partial charge < -0.3 is 4.90 Å². The van der Waals surface area contributed by atoms with Crippen LogP contribution in [0.5, 0.6) is 0 Å². The molecule has 1 aliphatic rings. The quantitative estimate of drug-likeness (QED) is 0.492. The lowest BCUT2D eigenvalue weighted by Gasteiger charge is -2.28. The summed E-state index contributed by atoms with van der Waals surface area (Å²) in [5.74, 6) is 0.0706. The van der Waals surface area contributed by atoms with Gasteiger partial charge in [0.25, 0.3) is 5.96 Å². The summed E-state index contributed by atoms with van der Waals surface area (Å²) < 4.78 is 0. The molecule has 1 N–H and O–H groups in total. The smallest absolute Gasteiger partial charge is 0.295 e. The highest BCUT2D eigenvalue weighted by Gasteiger charge is 2.20. The van der Waals surface area contributed by atoms with Crippen molar-refractivity contribution in [2.75, 3.05) is 13.2 Å². The highest BCUT2D eigenvalue weighted by Crippen LogP contribution is 2.09. The van der Waals surface area contributed by atoms with E-state index in [1.165, 1.54) is 0 Å². The fourth-order valence-corrected chi connectivity index (χ4v) is 1.59. The van der Waals surface area contributed by atoms with E-state index in [0.717, 1.165) is 5.56 Å². The van der Waals surface area contributed by atoms with Crippen LogP contribution in [0.4, 0.5) is 0 Å². The zero-order valence-corrected chi connectivity index (χ0v) is 10.0. The number of hydrogen-bond acceptors (Lipinski definition) is 4. The van der Waals surface area contributed by atoms with Crippen molar-refractivity contribution >= 4 is 17.6 Å². The Hall–Kier alpha value is -1.93. The van der Waals surface area contributed by atoms with Gasteiger partial charge in [0, 0.05) is 19.3 Å². The Morgan fingerprint density at radius 3 is 3.17 bits per heavy atom. The van der Waals surface area contributed by atoms with Gasteiger partial charge in [0.05, 0.1) is 6.61 Å². The number of halogens is 1. The molecule has 1 fully saturated rings. The second-order valence-electron chi connectivity index (χ2n) is 3.52. The standard InChI is InChI=1S/C9H10ClN5O3/c10-8-2-1-7(5-11-8)6-14-3-4-18-13-9(14)12-15(16)17/h1-2,5H,3-4,6H2,(H,12,13). The third kappa shape index (κ3) is 3.28. The zero-order chi connectivity index (χ0) is 13.0. The summed E-state index contributed by atoms with van der Waals surface area (Å²) in [6.45, 7) is 1.35. The predicted molar refractivity (Wildman–Crippen MR) is 63.2 cm³/mol. The Labute approximate surface area is 107 Å². The molecule has 8 nitrogen and oxygen atoms in total. The van der Waals surface area contributed by atoms with E-state index < -0.39 is 5.03 Å². The molecule has 0 aliphatic carbocycles. The van der Waals surface area contributed by atoms with Crippen LogP contribution in [0.25, 0.3) is 0 Å². The Bertz CT molecular complexity index is 464. The predicted octanol–water partition coefficient (Wildman–Crippen LogP) is 0.619. The van der Waals surface area contributed by atoms with Crippen molar-refractivity contribution in [3.05, 3.63) is 39.2 Å². The van der Waals surface area contributed by atoms with Gasteiger partial charge in [-0.2, -0.15) is 0 Å². The molecule has 1 saturated heterocycles. The van der Waals surface area contributed by atoms with Crippen molar-refractivity contribution in [1.82, 2.24) is 15.4 Å². The number of hydroxylamine groups is 1. The molecule has 1 aromatic heterocycles. The van der Waals surface area contributed by atoms with Gasteiger partial charge in [-0.05, 0) is 11.6 Å². The van der Waals surface area contributed by atoms with E-state index in [2.05, 4.69) is 15.6 Å². The van der Waals surface area contributed by atoms with Crippen molar-refractivity contribution in [1.29, 1.82) is 0 Å². The topological polar surface area (TPSA) is 92.9 Å². The van der Waals surface area contributed by atoms with Crippen molar-refractivity contribution in [2.24, 2.45) is 5.10 Å². The first-order chi connectivity index (χ1) is 8.65. The largest absolute Gasteiger partial charge is 0.329 e. The lowest BCUT2D eigenvalue weighted by Crippen LogP contribution is -2.48. The average molecular weight is 272 g/mol. The average Bonchev–Trinajstić information content (AvgIpc) is 2.34. The normalized spacial score (nSPS) is 17.6. The Balaban J connectivity index is 2.10. The number of hydrazone groups is 1. The van der Waals surface area contributed by atoms with Gasteiger partial charge in [-0.25, -0.2) is 20.6 Å². The molecular formula is C9H10ClN5O3. The lowest BCUT2D eigenvalue weighted by molar-refractivity contribution is -0.486. The van der Waals surface area contributed by atoms with Gasteiger partial charge >= 0.3 is 0 Å². The first-order valence-electron chi connectivity index (χ1n) is 5.11. The second kappa shape index (κ2) is 5.61. The van der Waals surface area contributed by atoms with Crippen LogP contribution in [0, 0.1) is 10.1 Å². The summed E-state index contributed by atoms with van der Waals surface area (Å²) in [6.07, 6.45) is 1.61. The van der Waals surface area contributed by atoms with Gasteiger partial charge in [-0.3, -0.25) is 4.84 Å². The van der Waals surface area contributed by atoms with Crippen LogP contribution in [0.2, 0.25) is 5.15 Å². The molecule has 0 radical (unpaired) electrons. The molecule has 0 amide bonds. The first kappa shape index (κ1) is 12.5. The van der Waals surface area contributed by atoms with Crippen molar-refractivity contribution in [3.8, 4) is 0 Å². The maximum Gasteiger partial charge on any atom is 0.295 e. The maximum absolute atomic E-state index is 10.4. The van der Waals surface area contributed by atoms with Crippen molar-refractivity contribution < 1.29 is 9.87 Å². The molecule has 0 bridgehead atoms. The Kier molecular flexibility index (Phi) is 3.90. The van der Waals surface area contributed by atoms with E-state index in [4.69, 9.17) is 16.4 Å². The van der Waals surface area contributed by atoms with Crippen LogP contribution in [-0.4, -0.2) is 34.0 Å². The second-order valence-corrected chi connectivity index (χ2v) is 3.91. The molecular weight excluding hydrogens is 262 g/mol. The molecule has 2 heterocycles. The molecule has 1 aliphatic heterocycles. The van der Waals surface area contributed by atoms with Crippen LogP contribution >= 0.6 is 11.6 Å². The summed E-state index contributed by atoms with van der Waals surface area (Å²) in [4.78, 5) is 20.9. The highest BCUT2D eigenvalue weighted by atomic mass is 35.5. The number of guanidine groups is 1. The fourth-order valence-electron chi connectivity index (χ4n) is 1.48. The van der Waals surface area contributed by atoms with Crippen LogP contribution in [0.1, 0.15) is 5.56 Å². The molecule has 0 saturated carbocycles. The SMILES string of the molecule is O=[N+]([O-])/N=C1\NOCCN1Cc1ccc(Cl)nc1. The number of nitrogens with one attached hydrogen (secondary N) is 1. The minimum Gasteiger partial charge on any atom is -0.329 e. The van der Waals surface area contributed by atoms with E-state index in [-0.39, 0.29) is 5.96 Å². The van der Waals surface area contributed by atoms with Gasteiger partial charge in [-0.1, -0.05) is 17.7 Å². The highest BCUT2D eigenvalue weighted by molar-refractivity contribution is 6.29. The van der Waals surface area contributed by atoms with E-state index in [1.54, 1.807) is 23.2 Å². The summed E-state index contributed by atoms with van der Waals surface area (Å²) in [7, 11) is 0. The lowest BCUT2D eigenvalue weighted by atomic mass is 10.2. The summed E-state index contributed by atoms with van der Waals surface area (Å²) in [6, 6.07) is 3.46. The number of pyridine rings is 1. The number of rotatable bonds is 3. The monoisotopic (exact) mass is 271 g/mol. The fraction of sp³-hybridized carbons (Fsp3) is 0.333. The molecule has 18 heavy (non-hydrogen) atoms. The van der Waals surface area contributed by atoms with Gasteiger partial charge in [-0.15, -0.1) is 0 Å². The molecule has 0 aromatic carbocycles. The molecule has 96 valence electrons. The Morgan fingerprint density at radius 2 is 2.50 bits per heavy atom. The van der Waals surface area contributed by atoms with Crippen molar-refractivity contribution in [3.63, 3.8) is 0 Å². The van der Waals surface area contributed by atoms with Crippen LogP contribution in [-0.2, 0) is 11.4 Å². The van der Waals surface area contributed by atoms with Gasteiger partial charge in [0.2, 0.25) is 0 Å². The molecule has 0 unspecified atom stereocenters. The van der Waals surface area contributed by atoms with Gasteiger partial charge in [0.15, 0.2) is 5.03 Å². The number of hydrogen-bond donors (Lipinski definition) is 1. The van der Waals surface area contributed by atoms with Crippen LogP contribution < -0.4 is 5.48 Å². The summed E-state index contributed by atoms with van der Waals surface area (Å²) in [5.41, 5.74) is 3.29. The zero-order valence-electron chi connectivity index (χ0n) is 9.24. The molecule has 0 atom stereocenters. The van der Waals surface area contributed by atoms with Crippen LogP contribution in [0.3, 0.4) is 0 Å². The first-order valence-corrected chi connectivity index (χ1v) is 5.49. The van der Waals surface area contributed by atoms with E-state index in [9.17, 15) is 10.1 Å². The summed E-state index contributed by atoms with van der Waals surface area (Å²) in [5, 5.41) is 13.2. The minimum absolute atomic E-state index is 0.0706. The third-order valence-corrected chi connectivity index (χ3v) is 2.49. The van der Waals surface area contributed by atoms with E-state index in [0.29, 0.717) is 24.8 Å². The molecule has 1 aromatic rings. The number of aromatic nitrogens is 1. The number of nitrogens with zero attached hydrogens (tertiary/aromatic N) is 4. The molecule has 9 heteroatoms. The Morgan fingerprint density at radius 1 is 1.67 bits per heavy atom.